The molecule has 0 aromatic carbocycles. The third kappa shape index (κ3) is 1.08. The second-order valence-corrected chi connectivity index (χ2v) is 4.04. The van der Waals surface area contributed by atoms with Gasteiger partial charge in [0.25, 0.3) is 5.56 Å². The topological polar surface area (TPSA) is 75.1 Å². The molecule has 1 aliphatic rings. The number of aromatic hydroxyl groups is 1. The van der Waals surface area contributed by atoms with Crippen LogP contribution in [0.1, 0.15) is 25.3 Å². The second-order valence-electron chi connectivity index (χ2n) is 4.04. The first kappa shape index (κ1) is 9.05. The van der Waals surface area contributed by atoms with Crippen LogP contribution in [-0.2, 0) is 5.54 Å². The normalized spacial score (nSPS) is 18.1. The minimum absolute atomic E-state index is 0.192. The van der Waals surface area contributed by atoms with Crippen LogP contribution in [0.3, 0.4) is 0 Å². The van der Waals surface area contributed by atoms with E-state index in [4.69, 9.17) is 0 Å². The Morgan fingerprint density at radius 1 is 1.43 bits per heavy atom. The minimum atomic E-state index is -0.530. The van der Waals surface area contributed by atoms with Crippen LogP contribution in [0.25, 0.3) is 0 Å². The highest BCUT2D eigenvalue weighted by Gasteiger charge is 2.42. The first-order chi connectivity index (χ1) is 6.46. The van der Waals surface area contributed by atoms with E-state index in [2.05, 4.69) is 4.98 Å². The van der Waals surface area contributed by atoms with Crippen LogP contribution < -0.4 is 11.2 Å². The average molecular weight is 196 g/mol. The van der Waals surface area contributed by atoms with Crippen LogP contribution >= 0.6 is 0 Å². The van der Waals surface area contributed by atoms with Crippen molar-refractivity contribution < 1.29 is 5.11 Å². The summed E-state index contributed by atoms with van der Waals surface area (Å²) in [6, 6.07) is 0. The van der Waals surface area contributed by atoms with Crippen molar-refractivity contribution in [2.75, 3.05) is 0 Å². The van der Waals surface area contributed by atoms with Gasteiger partial charge in [0.2, 0.25) is 5.88 Å². The lowest BCUT2D eigenvalue weighted by Gasteiger charge is -2.15. The fourth-order valence-electron chi connectivity index (χ4n) is 1.52. The fourth-order valence-corrected chi connectivity index (χ4v) is 1.52. The van der Waals surface area contributed by atoms with Crippen molar-refractivity contribution >= 4 is 0 Å². The molecule has 76 valence electrons. The lowest BCUT2D eigenvalue weighted by atomic mass is 10.3. The van der Waals surface area contributed by atoms with Crippen molar-refractivity contribution in [3.8, 4) is 5.88 Å². The smallest absolute Gasteiger partial charge is 0.331 e. The van der Waals surface area contributed by atoms with Gasteiger partial charge in [-0.3, -0.25) is 14.3 Å². The Balaban J connectivity index is 2.78. The monoisotopic (exact) mass is 196 g/mol. The van der Waals surface area contributed by atoms with Gasteiger partial charge in [0.05, 0.1) is 5.56 Å². The van der Waals surface area contributed by atoms with Crippen molar-refractivity contribution in [1.29, 1.82) is 0 Å². The van der Waals surface area contributed by atoms with E-state index in [1.54, 1.807) is 0 Å². The Bertz CT molecular complexity index is 494. The minimum Gasteiger partial charge on any atom is -0.494 e. The molecular weight excluding hydrogens is 184 g/mol. The van der Waals surface area contributed by atoms with Crippen LogP contribution in [0.4, 0.5) is 0 Å². The molecule has 2 rings (SSSR count). The largest absolute Gasteiger partial charge is 0.494 e. The predicted octanol–water partition coefficient (Wildman–Crippen LogP) is 0.0596. The summed E-state index contributed by atoms with van der Waals surface area (Å²) in [5, 5.41) is 9.68. The van der Waals surface area contributed by atoms with Crippen LogP contribution in [0.15, 0.2) is 9.59 Å². The molecule has 0 amide bonds. The van der Waals surface area contributed by atoms with Crippen molar-refractivity contribution in [3.63, 3.8) is 0 Å². The summed E-state index contributed by atoms with van der Waals surface area (Å²) in [6.45, 7) is 3.38. The highest BCUT2D eigenvalue weighted by atomic mass is 16.3. The molecule has 1 aromatic rings. The van der Waals surface area contributed by atoms with E-state index in [9.17, 15) is 14.7 Å². The molecule has 0 spiro atoms. The van der Waals surface area contributed by atoms with Crippen molar-refractivity contribution in [3.05, 3.63) is 26.4 Å². The van der Waals surface area contributed by atoms with Gasteiger partial charge in [-0.1, -0.05) is 0 Å². The van der Waals surface area contributed by atoms with E-state index in [1.807, 2.05) is 6.92 Å². The quantitative estimate of drug-likeness (QED) is 0.666. The summed E-state index contributed by atoms with van der Waals surface area (Å²) in [5.74, 6) is -0.209. The van der Waals surface area contributed by atoms with Crippen LogP contribution in [-0.4, -0.2) is 14.7 Å². The second kappa shape index (κ2) is 2.50. The molecule has 0 unspecified atom stereocenters. The number of rotatable bonds is 1. The number of nitrogens with one attached hydrogen (secondary N) is 1. The zero-order valence-electron chi connectivity index (χ0n) is 8.13. The van der Waals surface area contributed by atoms with Gasteiger partial charge in [0.1, 0.15) is 0 Å². The summed E-state index contributed by atoms with van der Waals surface area (Å²) in [4.78, 5) is 24.8. The average Bonchev–Trinajstić information content (AvgIpc) is 2.80. The van der Waals surface area contributed by atoms with Crippen LogP contribution in [0, 0.1) is 6.92 Å². The van der Waals surface area contributed by atoms with Gasteiger partial charge in [0, 0.05) is 5.54 Å². The maximum atomic E-state index is 11.4. The molecule has 1 aromatic heterocycles. The molecule has 5 heteroatoms. The third-order valence-electron chi connectivity index (χ3n) is 2.82. The van der Waals surface area contributed by atoms with Gasteiger partial charge in [-0.15, -0.1) is 0 Å². The summed E-state index contributed by atoms with van der Waals surface area (Å²) < 4.78 is 1.27. The van der Waals surface area contributed by atoms with Gasteiger partial charge in [0.15, 0.2) is 0 Å². The highest BCUT2D eigenvalue weighted by molar-refractivity contribution is 5.23. The van der Waals surface area contributed by atoms with Gasteiger partial charge in [-0.05, 0) is 26.7 Å². The third-order valence-corrected chi connectivity index (χ3v) is 2.82. The Morgan fingerprint density at radius 2 is 2.00 bits per heavy atom. The molecule has 2 N–H and O–H groups in total. The van der Waals surface area contributed by atoms with Gasteiger partial charge >= 0.3 is 5.69 Å². The molecule has 1 heterocycles. The summed E-state index contributed by atoms with van der Waals surface area (Å²) in [5.41, 5.74) is -1.17. The number of nitrogens with zero attached hydrogens (tertiary/aromatic N) is 1. The van der Waals surface area contributed by atoms with Crippen LogP contribution in [0.5, 0.6) is 5.88 Å². The molecule has 14 heavy (non-hydrogen) atoms. The lowest BCUT2D eigenvalue weighted by molar-refractivity contribution is 0.357. The van der Waals surface area contributed by atoms with Crippen LogP contribution in [0.2, 0.25) is 0 Å². The first-order valence-electron chi connectivity index (χ1n) is 4.51. The van der Waals surface area contributed by atoms with Gasteiger partial charge in [-0.25, -0.2) is 4.79 Å². The number of hydrogen-bond donors (Lipinski definition) is 2. The number of aromatic nitrogens is 2. The number of H-pyrrole nitrogens is 1. The predicted molar refractivity (Wildman–Crippen MR) is 50.6 cm³/mol. The number of hydrogen-bond acceptors (Lipinski definition) is 3. The van der Waals surface area contributed by atoms with Crippen molar-refractivity contribution in [2.45, 2.75) is 32.2 Å². The Kier molecular flexibility index (Phi) is 1.61. The van der Waals surface area contributed by atoms with E-state index >= 15 is 0 Å². The van der Waals surface area contributed by atoms with Gasteiger partial charge in [-0.2, -0.15) is 0 Å². The standard InChI is InChI=1S/C9H12N2O3/c1-5-6(12)10-8(14)11(7(5)13)9(2)3-4-9/h13H,3-4H2,1-2H3,(H,10,12,14). The van der Waals surface area contributed by atoms with Crippen molar-refractivity contribution in [2.24, 2.45) is 0 Å². The summed E-state index contributed by atoms with van der Waals surface area (Å²) >= 11 is 0. The van der Waals surface area contributed by atoms with E-state index < -0.39 is 11.2 Å². The molecule has 0 bridgehead atoms. The highest BCUT2D eigenvalue weighted by Crippen LogP contribution is 2.43. The molecule has 0 saturated heterocycles. The Labute approximate surface area is 80.0 Å². The SMILES string of the molecule is Cc1c(O)n(C2(C)CC2)c(=O)[nH]c1=O. The number of aromatic amines is 1. The molecule has 1 saturated carbocycles. The zero-order valence-corrected chi connectivity index (χ0v) is 8.13. The molecule has 0 atom stereocenters. The van der Waals surface area contributed by atoms with E-state index in [-0.39, 0.29) is 17.0 Å². The molecule has 5 nitrogen and oxygen atoms in total. The molecule has 0 aliphatic heterocycles. The Morgan fingerprint density at radius 3 is 2.50 bits per heavy atom. The van der Waals surface area contributed by atoms with E-state index in [0.29, 0.717) is 0 Å². The summed E-state index contributed by atoms with van der Waals surface area (Å²) in [7, 11) is 0. The maximum absolute atomic E-state index is 11.4. The maximum Gasteiger partial charge on any atom is 0.331 e. The van der Waals surface area contributed by atoms with E-state index in [0.717, 1.165) is 12.8 Å². The van der Waals surface area contributed by atoms with Crippen molar-refractivity contribution in [1.82, 2.24) is 9.55 Å². The molecule has 1 aliphatic carbocycles. The summed E-state index contributed by atoms with van der Waals surface area (Å²) in [6.07, 6.45) is 1.71. The Hall–Kier alpha value is -1.52. The van der Waals surface area contributed by atoms with E-state index in [1.165, 1.54) is 11.5 Å². The molecule has 1 fully saturated rings. The van der Waals surface area contributed by atoms with Gasteiger partial charge < -0.3 is 5.11 Å². The first-order valence-corrected chi connectivity index (χ1v) is 4.51. The molecule has 0 radical (unpaired) electrons. The zero-order chi connectivity index (χ0) is 10.5. The molecular formula is C9H12N2O3. The lowest BCUT2D eigenvalue weighted by Crippen LogP contribution is -2.36. The fraction of sp³-hybridized carbons (Fsp3) is 0.556.